The average Bonchev–Trinajstić information content (AvgIpc) is 2.47. The molecule has 0 radical (unpaired) electrons. The average molecular weight is 314 g/mol. The van der Waals surface area contributed by atoms with Crippen molar-refractivity contribution in [1.29, 1.82) is 0 Å². The molecule has 0 aliphatic heterocycles. The number of ether oxygens (including phenoxy) is 1. The van der Waals surface area contributed by atoms with Crippen molar-refractivity contribution in [3.8, 4) is 5.75 Å². The van der Waals surface area contributed by atoms with Gasteiger partial charge in [0.25, 0.3) is 0 Å². The third-order valence-electron chi connectivity index (χ3n) is 3.41. The van der Waals surface area contributed by atoms with E-state index in [-0.39, 0.29) is 0 Å². The van der Waals surface area contributed by atoms with Gasteiger partial charge in [-0.1, -0.05) is 20.3 Å². The van der Waals surface area contributed by atoms with Crippen LogP contribution in [0.5, 0.6) is 5.75 Å². The Kier molecular flexibility index (Phi) is 7.14. The maximum atomic E-state index is 12.8. The molecule has 0 saturated heterocycles. The smallest absolute Gasteiger partial charge is 0.243 e. The summed E-state index contributed by atoms with van der Waals surface area (Å²) in [6.07, 6.45) is 2.33. The summed E-state index contributed by atoms with van der Waals surface area (Å²) in [4.78, 5) is 0.340. The van der Waals surface area contributed by atoms with Crippen molar-refractivity contribution in [3.63, 3.8) is 0 Å². The van der Waals surface area contributed by atoms with Gasteiger partial charge in [-0.2, -0.15) is 4.31 Å². The second kappa shape index (κ2) is 8.36. The van der Waals surface area contributed by atoms with Gasteiger partial charge in [-0.15, -0.1) is 0 Å². The van der Waals surface area contributed by atoms with Crippen molar-refractivity contribution in [2.45, 2.75) is 38.0 Å². The molecule has 0 aromatic heterocycles. The maximum Gasteiger partial charge on any atom is 0.243 e. The zero-order valence-electron chi connectivity index (χ0n) is 13.1. The Bertz CT molecular complexity index is 544. The van der Waals surface area contributed by atoms with Crippen molar-refractivity contribution < 1.29 is 13.2 Å². The van der Waals surface area contributed by atoms with Gasteiger partial charge >= 0.3 is 0 Å². The second-order valence-electron chi connectivity index (χ2n) is 4.86. The number of benzene rings is 1. The number of unbranched alkanes of at least 4 members (excludes halogenated alkanes) is 1. The van der Waals surface area contributed by atoms with E-state index in [2.05, 4.69) is 0 Å². The van der Waals surface area contributed by atoms with Crippen LogP contribution in [0.4, 0.5) is 0 Å². The van der Waals surface area contributed by atoms with Crippen LogP contribution in [0.3, 0.4) is 0 Å². The molecule has 0 aliphatic carbocycles. The third-order valence-corrected chi connectivity index (χ3v) is 5.49. The van der Waals surface area contributed by atoms with Crippen LogP contribution in [0.2, 0.25) is 0 Å². The Labute approximate surface area is 128 Å². The van der Waals surface area contributed by atoms with Gasteiger partial charge < -0.3 is 10.5 Å². The normalized spacial score (nSPS) is 11.9. The Hall–Kier alpha value is -1.11. The summed E-state index contributed by atoms with van der Waals surface area (Å²) in [6, 6.07) is 5.06. The highest BCUT2D eigenvalue weighted by atomic mass is 32.2. The molecule has 5 nitrogen and oxygen atoms in total. The molecule has 0 unspecified atom stereocenters. The van der Waals surface area contributed by atoms with Gasteiger partial charge in [0, 0.05) is 13.1 Å². The molecule has 0 spiro atoms. The fraction of sp³-hybridized carbons (Fsp3) is 0.600. The summed E-state index contributed by atoms with van der Waals surface area (Å²) < 4.78 is 32.3. The first-order valence-electron chi connectivity index (χ1n) is 7.38. The molecular weight excluding hydrogens is 288 g/mol. The molecule has 120 valence electrons. The summed E-state index contributed by atoms with van der Waals surface area (Å²) in [5, 5.41) is 0. The van der Waals surface area contributed by atoms with Gasteiger partial charge in [-0.05, 0) is 43.1 Å². The highest BCUT2D eigenvalue weighted by Crippen LogP contribution is 2.25. The molecular formula is C15H26N2O3S. The zero-order valence-corrected chi connectivity index (χ0v) is 13.9. The number of hydrogen-bond donors (Lipinski definition) is 1. The molecule has 0 aliphatic rings. The minimum absolute atomic E-state index is 0.340. The maximum absolute atomic E-state index is 12.8. The number of sulfonamides is 1. The van der Waals surface area contributed by atoms with Crippen LogP contribution < -0.4 is 10.5 Å². The molecule has 0 heterocycles. The van der Waals surface area contributed by atoms with Crippen molar-refractivity contribution in [3.05, 3.63) is 23.8 Å². The Morgan fingerprint density at radius 3 is 2.52 bits per heavy atom. The Morgan fingerprint density at radius 2 is 2.00 bits per heavy atom. The standard InChI is InChI=1S/C15H26N2O3S/c1-4-6-11-17(5-2)21(18,19)15-8-7-14(20-3)12-13(15)9-10-16/h7-8,12H,4-6,9-11,16H2,1-3H3. The lowest BCUT2D eigenvalue weighted by atomic mass is 10.1. The quantitative estimate of drug-likeness (QED) is 0.757. The molecule has 1 rings (SSSR count). The first-order chi connectivity index (χ1) is 10.0. The number of nitrogens with zero attached hydrogens (tertiary/aromatic N) is 1. The molecule has 0 amide bonds. The van der Waals surface area contributed by atoms with Crippen LogP contribution in [0.1, 0.15) is 32.3 Å². The Morgan fingerprint density at radius 1 is 1.29 bits per heavy atom. The lowest BCUT2D eigenvalue weighted by Gasteiger charge is -2.22. The van der Waals surface area contributed by atoms with Crippen LogP contribution in [0.25, 0.3) is 0 Å². The molecule has 0 fully saturated rings. The van der Waals surface area contributed by atoms with Crippen molar-refractivity contribution in [1.82, 2.24) is 4.31 Å². The number of hydrogen-bond acceptors (Lipinski definition) is 4. The van der Waals surface area contributed by atoms with Crippen molar-refractivity contribution in [2.24, 2.45) is 5.73 Å². The van der Waals surface area contributed by atoms with Gasteiger partial charge in [-0.3, -0.25) is 0 Å². The SMILES string of the molecule is CCCCN(CC)S(=O)(=O)c1ccc(OC)cc1CCN. The van der Waals surface area contributed by atoms with E-state index in [0.717, 1.165) is 12.8 Å². The largest absolute Gasteiger partial charge is 0.497 e. The van der Waals surface area contributed by atoms with Gasteiger partial charge in [0.05, 0.1) is 12.0 Å². The fourth-order valence-corrected chi connectivity index (χ4v) is 3.93. The zero-order chi connectivity index (χ0) is 15.9. The summed E-state index contributed by atoms with van der Waals surface area (Å²) in [7, 11) is -1.91. The topological polar surface area (TPSA) is 72.6 Å². The third kappa shape index (κ3) is 4.43. The first-order valence-corrected chi connectivity index (χ1v) is 8.82. The van der Waals surface area contributed by atoms with E-state index in [4.69, 9.17) is 10.5 Å². The van der Waals surface area contributed by atoms with E-state index in [0.29, 0.717) is 42.3 Å². The summed E-state index contributed by atoms with van der Waals surface area (Å²) >= 11 is 0. The van der Waals surface area contributed by atoms with E-state index in [1.165, 1.54) is 4.31 Å². The van der Waals surface area contributed by atoms with Crippen LogP contribution in [0, 0.1) is 0 Å². The minimum atomic E-state index is -3.48. The number of nitrogens with two attached hydrogens (primary N) is 1. The predicted molar refractivity (Wildman–Crippen MR) is 85.1 cm³/mol. The Balaban J connectivity index is 3.22. The second-order valence-corrected chi connectivity index (χ2v) is 6.77. The van der Waals surface area contributed by atoms with Crippen molar-refractivity contribution in [2.75, 3.05) is 26.7 Å². The molecule has 0 saturated carbocycles. The minimum Gasteiger partial charge on any atom is -0.497 e. The molecule has 1 aromatic rings. The molecule has 0 atom stereocenters. The van der Waals surface area contributed by atoms with E-state index >= 15 is 0 Å². The monoisotopic (exact) mass is 314 g/mol. The van der Waals surface area contributed by atoms with Crippen LogP contribution in [0.15, 0.2) is 23.1 Å². The summed E-state index contributed by atoms with van der Waals surface area (Å²) in [5.41, 5.74) is 6.32. The molecule has 0 bridgehead atoms. The van der Waals surface area contributed by atoms with E-state index in [1.54, 1.807) is 25.3 Å². The van der Waals surface area contributed by atoms with Gasteiger partial charge in [-0.25, -0.2) is 8.42 Å². The fourth-order valence-electron chi connectivity index (χ4n) is 2.21. The van der Waals surface area contributed by atoms with Crippen molar-refractivity contribution >= 4 is 10.0 Å². The molecule has 6 heteroatoms. The predicted octanol–water partition coefficient (Wildman–Crippen LogP) is 2.01. The van der Waals surface area contributed by atoms with E-state index in [9.17, 15) is 8.42 Å². The van der Waals surface area contributed by atoms with Crippen LogP contribution in [-0.4, -0.2) is 39.5 Å². The molecule has 1 aromatic carbocycles. The van der Waals surface area contributed by atoms with E-state index in [1.807, 2.05) is 13.8 Å². The lowest BCUT2D eigenvalue weighted by molar-refractivity contribution is 0.411. The molecule has 21 heavy (non-hydrogen) atoms. The highest BCUT2D eigenvalue weighted by Gasteiger charge is 2.25. The summed E-state index contributed by atoms with van der Waals surface area (Å²) in [6.45, 7) is 5.32. The lowest BCUT2D eigenvalue weighted by Crippen LogP contribution is -2.32. The van der Waals surface area contributed by atoms with Gasteiger partial charge in [0.2, 0.25) is 10.0 Å². The summed E-state index contributed by atoms with van der Waals surface area (Å²) in [5.74, 6) is 0.647. The van der Waals surface area contributed by atoms with Crippen LogP contribution >= 0.6 is 0 Å². The first kappa shape index (κ1) is 17.9. The van der Waals surface area contributed by atoms with Crippen LogP contribution in [-0.2, 0) is 16.4 Å². The van der Waals surface area contributed by atoms with Gasteiger partial charge in [0.1, 0.15) is 5.75 Å². The number of rotatable bonds is 9. The number of methoxy groups -OCH3 is 1. The van der Waals surface area contributed by atoms with E-state index < -0.39 is 10.0 Å². The van der Waals surface area contributed by atoms with Gasteiger partial charge in [0.15, 0.2) is 0 Å². The highest BCUT2D eigenvalue weighted by molar-refractivity contribution is 7.89. The molecule has 2 N–H and O–H groups in total.